The average Bonchev–Trinajstić information content (AvgIpc) is 2.18. The third-order valence-electron chi connectivity index (χ3n) is 2.32. The molecular weight excluding hydrogens is 286 g/mol. The van der Waals surface area contributed by atoms with Crippen molar-refractivity contribution < 1.29 is 0 Å². The van der Waals surface area contributed by atoms with E-state index in [4.69, 9.17) is 46.4 Å². The van der Waals surface area contributed by atoms with Gasteiger partial charge in [0.1, 0.15) is 0 Å². The lowest BCUT2D eigenvalue weighted by Gasteiger charge is -2.23. The summed E-state index contributed by atoms with van der Waals surface area (Å²) >= 11 is 24.2. The highest BCUT2D eigenvalue weighted by molar-refractivity contribution is 6.52. The third-order valence-corrected chi connectivity index (χ3v) is 3.48. The fraction of sp³-hybridized carbons (Fsp3) is 0.167. The Hall–Kier alpha value is -0.140. The van der Waals surface area contributed by atoms with Gasteiger partial charge in [-0.1, -0.05) is 76.8 Å². The Kier molecular flexibility index (Phi) is 3.29. The van der Waals surface area contributed by atoms with Crippen molar-refractivity contribution in [2.45, 2.75) is 8.67 Å². The first-order valence-corrected chi connectivity index (χ1v) is 6.17. The summed E-state index contributed by atoms with van der Waals surface area (Å²) in [5.74, 6) is 0. The Morgan fingerprint density at radius 3 is 1.94 bits per heavy atom. The van der Waals surface area contributed by atoms with Gasteiger partial charge in [0.2, 0.25) is 0 Å². The molecule has 0 saturated heterocycles. The van der Waals surface area contributed by atoms with Gasteiger partial charge in [-0.2, -0.15) is 0 Å². The Labute approximate surface area is 115 Å². The van der Waals surface area contributed by atoms with Crippen LogP contribution in [0.15, 0.2) is 59.8 Å². The molecule has 2 aliphatic carbocycles. The van der Waals surface area contributed by atoms with Gasteiger partial charge in [-0.3, -0.25) is 0 Å². The average molecular weight is 294 g/mol. The standard InChI is InChI=1S/C12H8Cl4/c13-11(14)7-4-9(5-8-11)10-3-1-2-6-12(10,15)16/h1-8H. The van der Waals surface area contributed by atoms with Gasteiger partial charge >= 0.3 is 0 Å². The third kappa shape index (κ3) is 2.57. The van der Waals surface area contributed by atoms with E-state index in [-0.39, 0.29) is 0 Å². The zero-order chi connectivity index (χ0) is 11.8. The van der Waals surface area contributed by atoms with Gasteiger partial charge in [-0.05, 0) is 29.4 Å². The molecule has 0 heterocycles. The molecular formula is C12H8Cl4. The summed E-state index contributed by atoms with van der Waals surface area (Å²) in [5.41, 5.74) is 1.72. The first-order chi connectivity index (χ1) is 7.41. The molecule has 0 aromatic carbocycles. The molecule has 0 aromatic heterocycles. The minimum Gasteiger partial charge on any atom is -0.0923 e. The lowest BCUT2D eigenvalue weighted by atomic mass is 9.97. The van der Waals surface area contributed by atoms with Crippen molar-refractivity contribution >= 4 is 46.4 Å². The summed E-state index contributed by atoms with van der Waals surface area (Å²) in [6.45, 7) is 0. The van der Waals surface area contributed by atoms with Crippen molar-refractivity contribution in [1.29, 1.82) is 0 Å². The molecule has 0 radical (unpaired) electrons. The topological polar surface area (TPSA) is 0 Å². The quantitative estimate of drug-likeness (QED) is 0.558. The summed E-state index contributed by atoms with van der Waals surface area (Å²) < 4.78 is -1.95. The van der Waals surface area contributed by atoms with Crippen molar-refractivity contribution in [2.24, 2.45) is 0 Å². The van der Waals surface area contributed by atoms with Gasteiger partial charge < -0.3 is 0 Å². The molecule has 0 bridgehead atoms. The van der Waals surface area contributed by atoms with Crippen LogP contribution in [0.3, 0.4) is 0 Å². The van der Waals surface area contributed by atoms with Crippen molar-refractivity contribution in [2.75, 3.05) is 0 Å². The van der Waals surface area contributed by atoms with Gasteiger partial charge in [0, 0.05) is 0 Å². The maximum absolute atomic E-state index is 6.18. The first kappa shape index (κ1) is 12.3. The lowest BCUT2D eigenvalue weighted by Crippen LogP contribution is -2.16. The number of alkyl halides is 4. The Balaban J connectivity index is 2.42. The van der Waals surface area contributed by atoms with Crippen molar-refractivity contribution in [1.82, 2.24) is 0 Å². The number of hydrogen-bond donors (Lipinski definition) is 0. The minimum atomic E-state index is -1.00. The molecule has 2 aliphatic rings. The minimum absolute atomic E-state index is 0.815. The summed E-state index contributed by atoms with van der Waals surface area (Å²) in [5, 5.41) is 0. The highest BCUT2D eigenvalue weighted by Crippen LogP contribution is 2.39. The van der Waals surface area contributed by atoms with Crippen LogP contribution < -0.4 is 0 Å². The zero-order valence-corrected chi connectivity index (χ0v) is 11.2. The van der Waals surface area contributed by atoms with Crippen LogP contribution >= 0.6 is 46.4 Å². The molecule has 0 amide bonds. The van der Waals surface area contributed by atoms with Crippen molar-refractivity contribution in [3.8, 4) is 0 Å². The van der Waals surface area contributed by atoms with E-state index in [9.17, 15) is 0 Å². The second kappa shape index (κ2) is 4.27. The number of halogens is 4. The van der Waals surface area contributed by atoms with E-state index < -0.39 is 8.67 Å². The molecule has 0 saturated carbocycles. The molecule has 16 heavy (non-hydrogen) atoms. The summed E-state index contributed by atoms with van der Waals surface area (Å²) in [6, 6.07) is 0. The molecule has 0 aromatic rings. The number of allylic oxidation sites excluding steroid dienone is 10. The summed E-state index contributed by atoms with van der Waals surface area (Å²) in [7, 11) is 0. The van der Waals surface area contributed by atoms with Crippen molar-refractivity contribution in [3.05, 3.63) is 59.8 Å². The normalized spacial score (nSPS) is 25.2. The van der Waals surface area contributed by atoms with E-state index >= 15 is 0 Å². The predicted molar refractivity (Wildman–Crippen MR) is 72.5 cm³/mol. The SMILES string of the molecule is ClC1(Cl)C=CC(=C2C=CC=CC2(Cl)Cl)C=C1. The molecule has 84 valence electrons. The second-order valence-corrected chi connectivity index (χ2v) is 6.38. The molecule has 0 spiro atoms. The number of hydrogen-bond acceptors (Lipinski definition) is 0. The van der Waals surface area contributed by atoms with Crippen LogP contribution in [-0.4, -0.2) is 8.67 Å². The molecule has 4 heteroatoms. The van der Waals surface area contributed by atoms with Crippen LogP contribution in [0.5, 0.6) is 0 Å². The van der Waals surface area contributed by atoms with Crippen molar-refractivity contribution in [3.63, 3.8) is 0 Å². The van der Waals surface area contributed by atoms with E-state index in [1.165, 1.54) is 0 Å². The van der Waals surface area contributed by atoms with E-state index in [0.29, 0.717) is 0 Å². The molecule has 0 unspecified atom stereocenters. The predicted octanol–water partition coefficient (Wildman–Crippen LogP) is 4.88. The number of rotatable bonds is 0. The maximum Gasteiger partial charge on any atom is 0.162 e. The molecule has 0 atom stereocenters. The first-order valence-electron chi connectivity index (χ1n) is 4.65. The fourth-order valence-electron chi connectivity index (χ4n) is 1.51. The Morgan fingerprint density at radius 1 is 0.750 bits per heavy atom. The Bertz CT molecular complexity index is 430. The monoisotopic (exact) mass is 292 g/mol. The molecule has 0 aliphatic heterocycles. The lowest BCUT2D eigenvalue weighted by molar-refractivity contribution is 1.13. The summed E-state index contributed by atoms with van der Waals surface area (Å²) in [4.78, 5) is 0. The van der Waals surface area contributed by atoms with Gasteiger partial charge in [-0.25, -0.2) is 0 Å². The second-order valence-electron chi connectivity index (χ2n) is 3.55. The van der Waals surface area contributed by atoms with Crippen LogP contribution in [0.2, 0.25) is 0 Å². The van der Waals surface area contributed by atoms with E-state index in [1.807, 2.05) is 30.4 Å². The van der Waals surface area contributed by atoms with Crippen LogP contribution in [0.4, 0.5) is 0 Å². The van der Waals surface area contributed by atoms with Gasteiger partial charge in [-0.15, -0.1) is 0 Å². The Morgan fingerprint density at radius 2 is 1.38 bits per heavy atom. The molecule has 0 fully saturated rings. The van der Waals surface area contributed by atoms with Crippen LogP contribution in [-0.2, 0) is 0 Å². The highest BCUT2D eigenvalue weighted by atomic mass is 35.5. The molecule has 0 nitrogen and oxygen atoms in total. The van der Waals surface area contributed by atoms with E-state index in [0.717, 1.165) is 11.1 Å². The van der Waals surface area contributed by atoms with Gasteiger partial charge in [0.15, 0.2) is 8.67 Å². The molecule has 0 N–H and O–H groups in total. The van der Waals surface area contributed by atoms with E-state index in [1.54, 1.807) is 18.2 Å². The summed E-state index contributed by atoms with van der Waals surface area (Å²) in [6.07, 6.45) is 14.3. The fourth-order valence-corrected chi connectivity index (χ4v) is 2.25. The van der Waals surface area contributed by atoms with Crippen LogP contribution in [0.25, 0.3) is 0 Å². The smallest absolute Gasteiger partial charge is 0.0923 e. The van der Waals surface area contributed by atoms with Crippen LogP contribution in [0.1, 0.15) is 0 Å². The molecule has 2 rings (SSSR count). The van der Waals surface area contributed by atoms with E-state index in [2.05, 4.69) is 0 Å². The van der Waals surface area contributed by atoms with Gasteiger partial charge in [0.25, 0.3) is 0 Å². The zero-order valence-electron chi connectivity index (χ0n) is 8.13. The largest absolute Gasteiger partial charge is 0.162 e. The van der Waals surface area contributed by atoms with Gasteiger partial charge in [0.05, 0.1) is 0 Å². The van der Waals surface area contributed by atoms with Crippen LogP contribution in [0, 0.1) is 0 Å². The highest BCUT2D eigenvalue weighted by Gasteiger charge is 2.29. The maximum atomic E-state index is 6.18.